The number of rotatable bonds is 2. The summed E-state index contributed by atoms with van der Waals surface area (Å²) in [6.07, 6.45) is 3.00. The third-order valence-corrected chi connectivity index (χ3v) is 2.44. The molecule has 4 nitrogen and oxygen atoms in total. The third-order valence-electron chi connectivity index (χ3n) is 2.44. The Morgan fingerprint density at radius 3 is 2.65 bits per heavy atom. The molecule has 1 aromatic heterocycles. The van der Waals surface area contributed by atoms with Crippen molar-refractivity contribution >= 4 is 11.4 Å². The van der Waals surface area contributed by atoms with Crippen LogP contribution in [0.2, 0.25) is 0 Å². The van der Waals surface area contributed by atoms with E-state index in [-0.39, 0.29) is 0 Å². The topological polar surface area (TPSA) is 74.2 Å². The monoisotopic (exact) mass is 233 g/mol. The standard InChI is InChI=1S/C12H12FN3O/c1-17-9-3-7(2-8(13)4-9)10-5-16-6-11(14)12(10)15/h2-6H,14H2,1H3,(H2,15,16). The maximum Gasteiger partial charge on any atom is 0.127 e. The van der Waals surface area contributed by atoms with Crippen LogP contribution in [0.15, 0.2) is 30.6 Å². The highest BCUT2D eigenvalue weighted by Crippen LogP contribution is 2.31. The Balaban J connectivity index is 2.60. The van der Waals surface area contributed by atoms with Gasteiger partial charge in [-0.15, -0.1) is 0 Å². The molecule has 2 rings (SSSR count). The number of pyridine rings is 1. The molecule has 0 aliphatic heterocycles. The first kappa shape index (κ1) is 11.2. The zero-order chi connectivity index (χ0) is 12.4. The SMILES string of the molecule is COc1cc(F)cc(-c2cncc(N)c2N)c1. The van der Waals surface area contributed by atoms with E-state index in [9.17, 15) is 4.39 Å². The van der Waals surface area contributed by atoms with E-state index >= 15 is 0 Å². The summed E-state index contributed by atoms with van der Waals surface area (Å²) >= 11 is 0. The molecule has 0 radical (unpaired) electrons. The molecular weight excluding hydrogens is 221 g/mol. The Morgan fingerprint density at radius 2 is 1.94 bits per heavy atom. The van der Waals surface area contributed by atoms with Gasteiger partial charge in [-0.3, -0.25) is 4.98 Å². The lowest BCUT2D eigenvalue weighted by Crippen LogP contribution is -1.98. The molecule has 4 N–H and O–H groups in total. The Kier molecular flexibility index (Phi) is 2.82. The summed E-state index contributed by atoms with van der Waals surface area (Å²) in [5.74, 6) is 0.0167. The lowest BCUT2D eigenvalue weighted by atomic mass is 10.0. The summed E-state index contributed by atoms with van der Waals surface area (Å²) < 4.78 is 18.4. The third kappa shape index (κ3) is 2.13. The van der Waals surface area contributed by atoms with Crippen molar-refractivity contribution in [2.24, 2.45) is 0 Å². The fourth-order valence-corrected chi connectivity index (χ4v) is 1.55. The summed E-state index contributed by atoms with van der Waals surface area (Å²) in [7, 11) is 1.47. The van der Waals surface area contributed by atoms with Gasteiger partial charge in [0.2, 0.25) is 0 Å². The number of hydrogen-bond acceptors (Lipinski definition) is 4. The van der Waals surface area contributed by atoms with Gasteiger partial charge in [0.05, 0.1) is 24.7 Å². The number of nitrogens with zero attached hydrogens (tertiary/aromatic N) is 1. The van der Waals surface area contributed by atoms with Crippen LogP contribution in [-0.2, 0) is 0 Å². The molecule has 0 unspecified atom stereocenters. The normalized spacial score (nSPS) is 10.2. The molecule has 5 heteroatoms. The van der Waals surface area contributed by atoms with E-state index in [1.165, 1.54) is 25.4 Å². The van der Waals surface area contributed by atoms with Gasteiger partial charge in [-0.05, 0) is 17.7 Å². The van der Waals surface area contributed by atoms with Crippen molar-refractivity contribution in [3.63, 3.8) is 0 Å². The van der Waals surface area contributed by atoms with Gasteiger partial charge < -0.3 is 16.2 Å². The number of aromatic nitrogens is 1. The van der Waals surface area contributed by atoms with Crippen molar-refractivity contribution in [2.45, 2.75) is 0 Å². The largest absolute Gasteiger partial charge is 0.497 e. The molecule has 0 saturated heterocycles. The van der Waals surface area contributed by atoms with E-state index in [4.69, 9.17) is 16.2 Å². The van der Waals surface area contributed by atoms with E-state index < -0.39 is 5.82 Å². The van der Waals surface area contributed by atoms with Crippen molar-refractivity contribution in [1.82, 2.24) is 4.98 Å². The van der Waals surface area contributed by atoms with Gasteiger partial charge >= 0.3 is 0 Å². The molecule has 88 valence electrons. The molecule has 0 saturated carbocycles. The summed E-state index contributed by atoms with van der Waals surface area (Å²) in [5.41, 5.74) is 13.4. The second kappa shape index (κ2) is 4.29. The van der Waals surface area contributed by atoms with Crippen LogP contribution >= 0.6 is 0 Å². The van der Waals surface area contributed by atoms with E-state index in [0.29, 0.717) is 28.3 Å². The van der Waals surface area contributed by atoms with Crippen LogP contribution in [0.25, 0.3) is 11.1 Å². The van der Waals surface area contributed by atoms with Gasteiger partial charge in [0.25, 0.3) is 0 Å². The Bertz CT molecular complexity index is 557. The Hall–Kier alpha value is -2.30. The van der Waals surface area contributed by atoms with Gasteiger partial charge in [0.15, 0.2) is 0 Å². The highest BCUT2D eigenvalue weighted by atomic mass is 19.1. The quantitative estimate of drug-likeness (QED) is 0.832. The highest BCUT2D eigenvalue weighted by Gasteiger charge is 2.08. The maximum atomic E-state index is 13.4. The minimum absolute atomic E-state index is 0.366. The first-order chi connectivity index (χ1) is 8.11. The van der Waals surface area contributed by atoms with Crippen LogP contribution in [0, 0.1) is 5.82 Å². The second-order valence-corrected chi connectivity index (χ2v) is 3.57. The number of benzene rings is 1. The van der Waals surface area contributed by atoms with Crippen LogP contribution in [0.1, 0.15) is 0 Å². The van der Waals surface area contributed by atoms with Crippen molar-refractivity contribution in [2.75, 3.05) is 18.6 Å². The predicted molar refractivity (Wildman–Crippen MR) is 65.0 cm³/mol. The lowest BCUT2D eigenvalue weighted by Gasteiger charge is -2.09. The number of hydrogen-bond donors (Lipinski definition) is 2. The molecule has 2 aromatic rings. The van der Waals surface area contributed by atoms with Gasteiger partial charge in [-0.2, -0.15) is 0 Å². The molecule has 0 spiro atoms. The van der Waals surface area contributed by atoms with Gasteiger partial charge in [-0.1, -0.05) is 0 Å². The van der Waals surface area contributed by atoms with Gasteiger partial charge in [-0.25, -0.2) is 4.39 Å². The number of halogens is 1. The maximum absolute atomic E-state index is 13.4. The fraction of sp³-hybridized carbons (Fsp3) is 0.0833. The summed E-state index contributed by atoms with van der Waals surface area (Å²) in [6.45, 7) is 0. The van der Waals surface area contributed by atoms with E-state index in [2.05, 4.69) is 4.98 Å². The number of ether oxygens (including phenoxy) is 1. The van der Waals surface area contributed by atoms with Crippen LogP contribution < -0.4 is 16.2 Å². The molecule has 0 bridgehead atoms. The Labute approximate surface area is 98.0 Å². The summed E-state index contributed by atoms with van der Waals surface area (Å²) in [6, 6.07) is 4.32. The first-order valence-corrected chi connectivity index (χ1v) is 4.95. The Morgan fingerprint density at radius 1 is 1.18 bits per heavy atom. The first-order valence-electron chi connectivity index (χ1n) is 4.95. The molecule has 17 heavy (non-hydrogen) atoms. The van der Waals surface area contributed by atoms with E-state index in [0.717, 1.165) is 0 Å². The summed E-state index contributed by atoms with van der Waals surface area (Å²) in [4.78, 5) is 3.94. The summed E-state index contributed by atoms with van der Waals surface area (Å²) in [5, 5.41) is 0. The average Bonchev–Trinajstić information content (AvgIpc) is 2.31. The number of nitrogens with two attached hydrogens (primary N) is 2. The number of anilines is 2. The molecule has 1 heterocycles. The number of nitrogen functional groups attached to an aromatic ring is 2. The zero-order valence-electron chi connectivity index (χ0n) is 9.27. The predicted octanol–water partition coefficient (Wildman–Crippen LogP) is 2.06. The van der Waals surface area contributed by atoms with Crippen LogP contribution in [0.3, 0.4) is 0 Å². The zero-order valence-corrected chi connectivity index (χ0v) is 9.27. The highest BCUT2D eigenvalue weighted by molar-refractivity contribution is 5.83. The van der Waals surface area contributed by atoms with Crippen molar-refractivity contribution in [3.8, 4) is 16.9 Å². The fourth-order valence-electron chi connectivity index (χ4n) is 1.55. The minimum atomic E-state index is -0.402. The smallest absolute Gasteiger partial charge is 0.127 e. The van der Waals surface area contributed by atoms with Gasteiger partial charge in [0, 0.05) is 17.8 Å². The van der Waals surface area contributed by atoms with Crippen molar-refractivity contribution in [3.05, 3.63) is 36.4 Å². The lowest BCUT2D eigenvalue weighted by molar-refractivity contribution is 0.411. The molecule has 0 aliphatic rings. The molecule has 0 amide bonds. The molecular formula is C12H12FN3O. The number of methoxy groups -OCH3 is 1. The molecule has 1 aromatic carbocycles. The average molecular weight is 233 g/mol. The van der Waals surface area contributed by atoms with Crippen molar-refractivity contribution < 1.29 is 9.13 Å². The van der Waals surface area contributed by atoms with Gasteiger partial charge in [0.1, 0.15) is 11.6 Å². The molecule has 0 aliphatic carbocycles. The molecule has 0 atom stereocenters. The molecule has 0 fully saturated rings. The second-order valence-electron chi connectivity index (χ2n) is 3.57. The minimum Gasteiger partial charge on any atom is -0.497 e. The van der Waals surface area contributed by atoms with Crippen LogP contribution in [-0.4, -0.2) is 12.1 Å². The van der Waals surface area contributed by atoms with Crippen LogP contribution in [0.5, 0.6) is 5.75 Å². The van der Waals surface area contributed by atoms with Crippen LogP contribution in [0.4, 0.5) is 15.8 Å². The van der Waals surface area contributed by atoms with Crippen molar-refractivity contribution in [1.29, 1.82) is 0 Å². The van der Waals surface area contributed by atoms with E-state index in [1.807, 2.05) is 0 Å². The van der Waals surface area contributed by atoms with E-state index in [1.54, 1.807) is 12.3 Å².